The lowest BCUT2D eigenvalue weighted by Crippen LogP contribution is -2.13. The molecule has 0 heterocycles. The van der Waals surface area contributed by atoms with E-state index in [0.29, 0.717) is 16.9 Å². The third-order valence-electron chi connectivity index (χ3n) is 3.90. The Morgan fingerprint density at radius 3 is 2.08 bits per heavy atom. The Bertz CT molecular complexity index is 853. The molecule has 0 aliphatic heterocycles. The molecule has 3 rings (SSSR count). The van der Waals surface area contributed by atoms with Crippen LogP contribution in [0.2, 0.25) is 0 Å². The number of amides is 2. The van der Waals surface area contributed by atoms with Crippen molar-refractivity contribution in [3.8, 4) is 0 Å². The maximum absolute atomic E-state index is 11.9. The number of benzene rings is 2. The summed E-state index contributed by atoms with van der Waals surface area (Å²) < 4.78 is 0. The highest BCUT2D eigenvalue weighted by Crippen LogP contribution is 2.30. The first-order chi connectivity index (χ1) is 12.5. The molecule has 7 heteroatoms. The van der Waals surface area contributed by atoms with Crippen LogP contribution in [-0.2, 0) is 9.59 Å². The van der Waals surface area contributed by atoms with Gasteiger partial charge in [0.05, 0.1) is 4.92 Å². The molecule has 2 aromatic rings. The number of carbonyl (C=O) groups excluding carboxylic acids is 2. The van der Waals surface area contributed by atoms with Gasteiger partial charge >= 0.3 is 0 Å². The minimum atomic E-state index is -0.475. The zero-order chi connectivity index (χ0) is 18.5. The number of non-ortho nitro benzene ring substituents is 1. The minimum Gasteiger partial charge on any atom is -0.326 e. The summed E-state index contributed by atoms with van der Waals surface area (Å²) >= 11 is 0. The van der Waals surface area contributed by atoms with Gasteiger partial charge in [0.25, 0.3) is 5.69 Å². The first kappa shape index (κ1) is 17.3. The number of hydrogen-bond donors (Lipinski definition) is 2. The average molecular weight is 351 g/mol. The van der Waals surface area contributed by atoms with Crippen LogP contribution in [0, 0.1) is 16.0 Å². The van der Waals surface area contributed by atoms with Gasteiger partial charge in [-0.1, -0.05) is 0 Å². The molecule has 1 saturated carbocycles. The highest BCUT2D eigenvalue weighted by molar-refractivity contribution is 6.02. The Morgan fingerprint density at radius 1 is 0.962 bits per heavy atom. The number of nitro benzene ring substituents is 1. The van der Waals surface area contributed by atoms with Crippen molar-refractivity contribution in [2.24, 2.45) is 5.92 Å². The normalized spacial score (nSPS) is 13.4. The van der Waals surface area contributed by atoms with Gasteiger partial charge in [-0.2, -0.15) is 0 Å². The highest BCUT2D eigenvalue weighted by atomic mass is 16.6. The highest BCUT2D eigenvalue weighted by Gasteiger charge is 2.29. The van der Waals surface area contributed by atoms with Crippen LogP contribution in [0.15, 0.2) is 54.6 Å². The number of nitrogens with one attached hydrogen (secondary N) is 2. The second kappa shape index (κ2) is 7.60. The van der Waals surface area contributed by atoms with E-state index in [1.807, 2.05) is 0 Å². The molecule has 2 aromatic carbocycles. The van der Waals surface area contributed by atoms with E-state index in [4.69, 9.17) is 0 Å². The number of hydrogen-bond acceptors (Lipinski definition) is 4. The molecule has 2 amide bonds. The summed E-state index contributed by atoms with van der Waals surface area (Å²) in [6.45, 7) is 0. The molecule has 2 N–H and O–H groups in total. The topological polar surface area (TPSA) is 101 Å². The van der Waals surface area contributed by atoms with E-state index in [-0.39, 0.29) is 23.4 Å². The number of rotatable bonds is 6. The molecular formula is C19H17N3O4. The van der Waals surface area contributed by atoms with Gasteiger partial charge in [0.2, 0.25) is 11.8 Å². The van der Waals surface area contributed by atoms with Crippen LogP contribution in [0.5, 0.6) is 0 Å². The minimum absolute atomic E-state index is 0.000433. The van der Waals surface area contributed by atoms with Crippen molar-refractivity contribution in [1.82, 2.24) is 0 Å². The fourth-order valence-electron chi connectivity index (χ4n) is 2.29. The van der Waals surface area contributed by atoms with E-state index in [1.54, 1.807) is 42.5 Å². The van der Waals surface area contributed by atoms with Crippen LogP contribution in [0.1, 0.15) is 18.4 Å². The Labute approximate surface area is 149 Å². The lowest BCUT2D eigenvalue weighted by atomic mass is 10.2. The summed E-state index contributed by atoms with van der Waals surface area (Å²) in [6, 6.07) is 12.8. The molecule has 26 heavy (non-hydrogen) atoms. The molecule has 0 radical (unpaired) electrons. The molecule has 0 spiro atoms. The van der Waals surface area contributed by atoms with E-state index in [0.717, 1.165) is 12.8 Å². The average Bonchev–Trinajstić information content (AvgIpc) is 3.47. The molecule has 1 fully saturated rings. The van der Waals surface area contributed by atoms with Crippen LogP contribution in [0.4, 0.5) is 17.1 Å². The second-order valence-corrected chi connectivity index (χ2v) is 6.01. The van der Waals surface area contributed by atoms with Crippen molar-refractivity contribution in [3.63, 3.8) is 0 Å². The predicted molar refractivity (Wildman–Crippen MR) is 98.6 cm³/mol. The molecule has 0 aromatic heterocycles. The number of nitro groups is 1. The van der Waals surface area contributed by atoms with Crippen molar-refractivity contribution in [2.45, 2.75) is 12.8 Å². The van der Waals surface area contributed by atoms with Crippen LogP contribution < -0.4 is 10.6 Å². The van der Waals surface area contributed by atoms with Crippen molar-refractivity contribution < 1.29 is 14.5 Å². The van der Waals surface area contributed by atoms with Crippen molar-refractivity contribution in [2.75, 3.05) is 10.6 Å². The van der Waals surface area contributed by atoms with Gasteiger partial charge < -0.3 is 10.6 Å². The molecule has 1 aliphatic rings. The summed E-state index contributed by atoms with van der Waals surface area (Å²) in [7, 11) is 0. The lowest BCUT2D eigenvalue weighted by Gasteiger charge is -2.06. The molecule has 7 nitrogen and oxygen atoms in total. The standard InChI is InChI=1S/C19H17N3O4/c23-18(12-3-13-1-10-17(11-2-13)22(25)26)20-15-6-8-16(9-7-15)21-19(24)14-4-5-14/h1-3,6-12,14H,4-5H2,(H,20,23)(H,21,24)/b12-3+. The van der Waals surface area contributed by atoms with Gasteiger partial charge in [0.15, 0.2) is 0 Å². The van der Waals surface area contributed by atoms with Crippen molar-refractivity contribution in [3.05, 3.63) is 70.3 Å². The largest absolute Gasteiger partial charge is 0.326 e. The fourth-order valence-corrected chi connectivity index (χ4v) is 2.29. The van der Waals surface area contributed by atoms with E-state index >= 15 is 0 Å². The summed E-state index contributed by atoms with van der Waals surface area (Å²) in [4.78, 5) is 33.8. The lowest BCUT2D eigenvalue weighted by molar-refractivity contribution is -0.384. The fraction of sp³-hybridized carbons (Fsp3) is 0.158. The summed E-state index contributed by atoms with van der Waals surface area (Å²) in [6.07, 6.45) is 4.81. The van der Waals surface area contributed by atoms with Gasteiger partial charge in [-0.3, -0.25) is 19.7 Å². The first-order valence-corrected chi connectivity index (χ1v) is 8.16. The smallest absolute Gasteiger partial charge is 0.269 e. The van der Waals surface area contributed by atoms with Crippen LogP contribution >= 0.6 is 0 Å². The summed E-state index contributed by atoms with van der Waals surface area (Å²) in [5, 5.41) is 16.1. The maximum atomic E-state index is 11.9. The Kier molecular flexibility index (Phi) is 5.07. The van der Waals surface area contributed by atoms with Crippen LogP contribution in [0.3, 0.4) is 0 Å². The van der Waals surface area contributed by atoms with Gasteiger partial charge in [-0.15, -0.1) is 0 Å². The summed E-state index contributed by atoms with van der Waals surface area (Å²) in [5.74, 6) is -0.148. The Balaban J connectivity index is 1.53. The number of anilines is 2. The van der Waals surface area contributed by atoms with Gasteiger partial charge in [0.1, 0.15) is 0 Å². The van der Waals surface area contributed by atoms with Crippen molar-refractivity contribution >= 4 is 35.0 Å². The van der Waals surface area contributed by atoms with Gasteiger partial charge in [-0.25, -0.2) is 0 Å². The van der Waals surface area contributed by atoms with Gasteiger partial charge in [0, 0.05) is 35.5 Å². The molecule has 132 valence electrons. The second-order valence-electron chi connectivity index (χ2n) is 6.01. The molecular weight excluding hydrogens is 334 g/mol. The molecule has 0 unspecified atom stereocenters. The third-order valence-corrected chi connectivity index (χ3v) is 3.90. The van der Waals surface area contributed by atoms with E-state index in [1.165, 1.54) is 18.2 Å². The van der Waals surface area contributed by atoms with E-state index in [9.17, 15) is 19.7 Å². The number of carbonyl (C=O) groups is 2. The van der Waals surface area contributed by atoms with E-state index < -0.39 is 4.92 Å². The first-order valence-electron chi connectivity index (χ1n) is 8.16. The zero-order valence-corrected chi connectivity index (χ0v) is 13.8. The Hall–Kier alpha value is -3.48. The predicted octanol–water partition coefficient (Wildman–Crippen LogP) is 3.60. The quantitative estimate of drug-likeness (QED) is 0.472. The van der Waals surface area contributed by atoms with Crippen LogP contribution in [0.25, 0.3) is 6.08 Å². The Morgan fingerprint density at radius 2 is 1.54 bits per heavy atom. The third kappa shape index (κ3) is 4.76. The van der Waals surface area contributed by atoms with Crippen LogP contribution in [-0.4, -0.2) is 16.7 Å². The SMILES string of the molecule is O=C(/C=C/c1ccc([N+](=O)[O-])cc1)Nc1ccc(NC(=O)C2CC2)cc1. The van der Waals surface area contributed by atoms with E-state index in [2.05, 4.69) is 10.6 Å². The molecule has 0 bridgehead atoms. The zero-order valence-electron chi connectivity index (χ0n) is 13.8. The maximum Gasteiger partial charge on any atom is 0.269 e. The van der Waals surface area contributed by atoms with Crippen molar-refractivity contribution in [1.29, 1.82) is 0 Å². The van der Waals surface area contributed by atoms with Gasteiger partial charge in [-0.05, 0) is 60.9 Å². The molecule has 0 atom stereocenters. The molecule has 1 aliphatic carbocycles. The summed E-state index contributed by atoms with van der Waals surface area (Å²) in [5.41, 5.74) is 1.98. The molecule has 0 saturated heterocycles. The monoisotopic (exact) mass is 351 g/mol. The number of nitrogens with zero attached hydrogens (tertiary/aromatic N) is 1.